The SMILES string of the molecule is CC[C@]1(C(C)C)O[C@@H](C)[C@H](OC(C)=O)[C@@H]1OC. The van der Waals surface area contributed by atoms with Crippen molar-refractivity contribution in [2.45, 2.75) is 65.0 Å². The van der Waals surface area contributed by atoms with Gasteiger partial charge in [0, 0.05) is 14.0 Å². The number of ether oxygens (including phenoxy) is 3. The Kier molecular flexibility index (Phi) is 4.55. The van der Waals surface area contributed by atoms with Gasteiger partial charge in [0.25, 0.3) is 0 Å². The number of esters is 1. The van der Waals surface area contributed by atoms with E-state index >= 15 is 0 Å². The molecular weight excluding hydrogens is 220 g/mol. The van der Waals surface area contributed by atoms with E-state index in [2.05, 4.69) is 20.8 Å². The summed E-state index contributed by atoms with van der Waals surface area (Å²) < 4.78 is 17.0. The molecule has 0 unspecified atom stereocenters. The maximum absolute atomic E-state index is 11.1. The lowest BCUT2D eigenvalue weighted by atomic mass is 9.82. The first-order chi connectivity index (χ1) is 7.89. The molecule has 1 aliphatic rings. The van der Waals surface area contributed by atoms with Gasteiger partial charge in [-0.15, -0.1) is 0 Å². The average molecular weight is 244 g/mol. The molecule has 17 heavy (non-hydrogen) atoms. The summed E-state index contributed by atoms with van der Waals surface area (Å²) >= 11 is 0. The molecule has 0 aromatic heterocycles. The predicted molar refractivity (Wildman–Crippen MR) is 64.8 cm³/mol. The second-order valence-corrected chi connectivity index (χ2v) is 5.02. The Balaban J connectivity index is 3.00. The summed E-state index contributed by atoms with van der Waals surface area (Å²) in [5.41, 5.74) is -0.367. The standard InChI is InChI=1S/C13H24O4/c1-7-13(8(2)3)12(15-6)11(9(4)17-13)16-10(5)14/h8-9,11-12H,7H2,1-6H3/t9-,11-,12-,13+/m0/s1. The largest absolute Gasteiger partial charge is 0.457 e. The lowest BCUT2D eigenvalue weighted by Gasteiger charge is -2.37. The second-order valence-electron chi connectivity index (χ2n) is 5.02. The molecule has 0 amide bonds. The van der Waals surface area contributed by atoms with Crippen LogP contribution in [0.15, 0.2) is 0 Å². The van der Waals surface area contributed by atoms with E-state index in [1.165, 1.54) is 6.92 Å². The van der Waals surface area contributed by atoms with E-state index in [1.54, 1.807) is 7.11 Å². The van der Waals surface area contributed by atoms with Crippen molar-refractivity contribution in [2.24, 2.45) is 5.92 Å². The van der Waals surface area contributed by atoms with Gasteiger partial charge in [-0.25, -0.2) is 0 Å². The van der Waals surface area contributed by atoms with Crippen molar-refractivity contribution in [3.05, 3.63) is 0 Å². The topological polar surface area (TPSA) is 44.8 Å². The van der Waals surface area contributed by atoms with Crippen molar-refractivity contribution < 1.29 is 19.0 Å². The van der Waals surface area contributed by atoms with E-state index in [4.69, 9.17) is 14.2 Å². The Morgan fingerprint density at radius 1 is 1.47 bits per heavy atom. The zero-order valence-corrected chi connectivity index (χ0v) is 11.6. The van der Waals surface area contributed by atoms with Gasteiger partial charge in [0.15, 0.2) is 6.10 Å². The van der Waals surface area contributed by atoms with E-state index in [1.807, 2.05) is 6.92 Å². The van der Waals surface area contributed by atoms with E-state index in [0.29, 0.717) is 5.92 Å². The molecule has 0 aromatic carbocycles. The van der Waals surface area contributed by atoms with Gasteiger partial charge in [0.1, 0.15) is 11.7 Å². The van der Waals surface area contributed by atoms with Crippen LogP contribution < -0.4 is 0 Å². The van der Waals surface area contributed by atoms with Crippen LogP contribution >= 0.6 is 0 Å². The number of rotatable bonds is 4. The van der Waals surface area contributed by atoms with Crippen molar-refractivity contribution in [2.75, 3.05) is 7.11 Å². The van der Waals surface area contributed by atoms with Gasteiger partial charge in [-0.3, -0.25) is 4.79 Å². The molecule has 1 aliphatic heterocycles. The van der Waals surface area contributed by atoms with Crippen LogP contribution in [0.3, 0.4) is 0 Å². The molecule has 1 saturated heterocycles. The highest BCUT2D eigenvalue weighted by Crippen LogP contribution is 2.42. The van der Waals surface area contributed by atoms with E-state index < -0.39 is 0 Å². The fourth-order valence-corrected chi connectivity index (χ4v) is 2.84. The van der Waals surface area contributed by atoms with Crippen LogP contribution in [0.1, 0.15) is 41.0 Å². The Hall–Kier alpha value is -0.610. The fraction of sp³-hybridized carbons (Fsp3) is 0.923. The summed E-state index contributed by atoms with van der Waals surface area (Å²) in [6, 6.07) is 0. The molecule has 100 valence electrons. The Bertz CT molecular complexity index is 277. The Labute approximate surface area is 104 Å². The molecule has 0 saturated carbocycles. The molecule has 4 nitrogen and oxygen atoms in total. The molecule has 4 atom stereocenters. The van der Waals surface area contributed by atoms with Crippen LogP contribution in [0, 0.1) is 5.92 Å². The van der Waals surface area contributed by atoms with Gasteiger partial charge in [-0.1, -0.05) is 20.8 Å². The van der Waals surface area contributed by atoms with Crippen molar-refractivity contribution in [1.29, 1.82) is 0 Å². The number of carbonyl (C=O) groups is 1. The lowest BCUT2D eigenvalue weighted by molar-refractivity contribution is -0.154. The molecule has 1 fully saturated rings. The van der Waals surface area contributed by atoms with Gasteiger partial charge in [0.2, 0.25) is 0 Å². The summed E-state index contributed by atoms with van der Waals surface area (Å²) in [7, 11) is 1.65. The average Bonchev–Trinajstić information content (AvgIpc) is 2.51. The van der Waals surface area contributed by atoms with Gasteiger partial charge in [-0.05, 0) is 19.3 Å². The summed E-state index contributed by atoms with van der Waals surface area (Å²) in [5, 5.41) is 0. The summed E-state index contributed by atoms with van der Waals surface area (Å²) in [6.45, 7) is 9.64. The van der Waals surface area contributed by atoms with Gasteiger partial charge in [0.05, 0.1) is 6.10 Å². The van der Waals surface area contributed by atoms with Crippen LogP contribution in [-0.4, -0.2) is 37.0 Å². The van der Waals surface area contributed by atoms with Gasteiger partial charge < -0.3 is 14.2 Å². The summed E-state index contributed by atoms with van der Waals surface area (Å²) in [5.74, 6) is 0.0172. The first kappa shape index (κ1) is 14.5. The van der Waals surface area contributed by atoms with Gasteiger partial charge >= 0.3 is 5.97 Å². The predicted octanol–water partition coefficient (Wildman–Crippen LogP) is 2.16. The van der Waals surface area contributed by atoms with Crippen LogP contribution in [0.2, 0.25) is 0 Å². The summed E-state index contributed by atoms with van der Waals surface area (Å²) in [4.78, 5) is 11.1. The van der Waals surface area contributed by atoms with Crippen molar-refractivity contribution in [3.63, 3.8) is 0 Å². The Morgan fingerprint density at radius 2 is 2.06 bits per heavy atom. The number of methoxy groups -OCH3 is 1. The van der Waals surface area contributed by atoms with E-state index in [0.717, 1.165) is 6.42 Å². The maximum Gasteiger partial charge on any atom is 0.303 e. The molecule has 0 aromatic rings. The van der Waals surface area contributed by atoms with Crippen LogP contribution in [0.25, 0.3) is 0 Å². The zero-order valence-electron chi connectivity index (χ0n) is 11.6. The third-order valence-corrected chi connectivity index (χ3v) is 3.73. The minimum absolute atomic E-state index is 0.133. The highest BCUT2D eigenvalue weighted by Gasteiger charge is 2.56. The van der Waals surface area contributed by atoms with Crippen molar-refractivity contribution in [1.82, 2.24) is 0 Å². The van der Waals surface area contributed by atoms with Crippen LogP contribution in [-0.2, 0) is 19.0 Å². The number of hydrogen-bond acceptors (Lipinski definition) is 4. The zero-order chi connectivity index (χ0) is 13.2. The van der Waals surface area contributed by atoms with Gasteiger partial charge in [-0.2, -0.15) is 0 Å². The van der Waals surface area contributed by atoms with Crippen molar-refractivity contribution in [3.8, 4) is 0 Å². The number of carbonyl (C=O) groups excluding carboxylic acids is 1. The molecule has 4 heteroatoms. The highest BCUT2D eigenvalue weighted by molar-refractivity contribution is 5.66. The third-order valence-electron chi connectivity index (χ3n) is 3.73. The molecule has 0 aliphatic carbocycles. The molecule has 1 heterocycles. The molecule has 0 radical (unpaired) electrons. The molecular formula is C13H24O4. The second kappa shape index (κ2) is 5.36. The molecule has 1 rings (SSSR count). The third kappa shape index (κ3) is 2.47. The maximum atomic E-state index is 11.1. The fourth-order valence-electron chi connectivity index (χ4n) is 2.84. The van der Waals surface area contributed by atoms with Crippen LogP contribution in [0.4, 0.5) is 0 Å². The van der Waals surface area contributed by atoms with E-state index in [-0.39, 0.29) is 29.9 Å². The first-order valence-corrected chi connectivity index (χ1v) is 6.26. The summed E-state index contributed by atoms with van der Waals surface area (Å²) in [6.07, 6.45) is 0.183. The highest BCUT2D eigenvalue weighted by atomic mass is 16.6. The van der Waals surface area contributed by atoms with E-state index in [9.17, 15) is 4.79 Å². The minimum Gasteiger partial charge on any atom is -0.457 e. The first-order valence-electron chi connectivity index (χ1n) is 6.26. The monoisotopic (exact) mass is 244 g/mol. The molecule has 0 spiro atoms. The van der Waals surface area contributed by atoms with Crippen LogP contribution in [0.5, 0.6) is 0 Å². The number of hydrogen-bond donors (Lipinski definition) is 0. The minimum atomic E-state index is -0.367. The lowest BCUT2D eigenvalue weighted by Crippen LogP contribution is -2.48. The normalized spacial score (nSPS) is 37.5. The smallest absolute Gasteiger partial charge is 0.303 e. The molecule has 0 bridgehead atoms. The quantitative estimate of drug-likeness (QED) is 0.711. The van der Waals surface area contributed by atoms with Crippen molar-refractivity contribution >= 4 is 5.97 Å². The molecule has 0 N–H and O–H groups in total. The Morgan fingerprint density at radius 3 is 2.41 bits per heavy atom.